The molecule has 194 valence electrons. The van der Waals surface area contributed by atoms with Gasteiger partial charge in [-0.2, -0.15) is 0 Å². The van der Waals surface area contributed by atoms with E-state index in [1.165, 1.54) is 21.3 Å². The number of aliphatic hydroxyl groups excluding tert-OH is 1. The zero-order valence-corrected chi connectivity index (χ0v) is 21.4. The number of ether oxygens (including phenoxy) is 7. The largest absolute Gasteiger partial charge is 0.493 e. The number of hydrogen-bond acceptors (Lipinski definition) is 9. The monoisotopic (exact) mass is 492 g/mol. The molecule has 9 nitrogen and oxygen atoms in total. The van der Waals surface area contributed by atoms with Gasteiger partial charge < -0.3 is 38.3 Å². The van der Waals surface area contributed by atoms with Crippen molar-refractivity contribution in [1.82, 2.24) is 0 Å². The molecule has 1 aromatic rings. The van der Waals surface area contributed by atoms with Crippen LogP contribution in [-0.4, -0.2) is 69.4 Å². The predicted molar refractivity (Wildman–Crippen MR) is 129 cm³/mol. The van der Waals surface area contributed by atoms with E-state index in [4.69, 9.17) is 33.2 Å². The minimum atomic E-state index is -0.889. The average Bonchev–Trinajstić information content (AvgIpc) is 3.13. The van der Waals surface area contributed by atoms with Crippen molar-refractivity contribution in [2.24, 2.45) is 5.92 Å². The molecule has 0 saturated carbocycles. The first-order valence-corrected chi connectivity index (χ1v) is 11.6. The zero-order valence-electron chi connectivity index (χ0n) is 21.4. The van der Waals surface area contributed by atoms with Gasteiger partial charge in [0, 0.05) is 24.7 Å². The number of carbonyl (C=O) groups excluding carboxylic acids is 1. The summed E-state index contributed by atoms with van der Waals surface area (Å²) in [6.45, 7) is 7.24. The Morgan fingerprint density at radius 2 is 1.83 bits per heavy atom. The minimum Gasteiger partial charge on any atom is -0.493 e. The van der Waals surface area contributed by atoms with Crippen molar-refractivity contribution in [2.45, 2.75) is 64.3 Å². The molecule has 1 aromatic carbocycles. The van der Waals surface area contributed by atoms with Crippen molar-refractivity contribution in [3.8, 4) is 17.2 Å². The van der Waals surface area contributed by atoms with E-state index in [-0.39, 0.29) is 24.0 Å². The van der Waals surface area contributed by atoms with E-state index < -0.39 is 36.2 Å². The average molecular weight is 493 g/mol. The minimum absolute atomic E-state index is 0.0739. The van der Waals surface area contributed by atoms with Crippen molar-refractivity contribution >= 4 is 12.0 Å². The van der Waals surface area contributed by atoms with Gasteiger partial charge in [-0.1, -0.05) is 31.2 Å². The van der Waals surface area contributed by atoms with Gasteiger partial charge in [0.1, 0.15) is 29.6 Å². The van der Waals surface area contributed by atoms with E-state index in [9.17, 15) is 9.90 Å². The molecule has 0 bridgehead atoms. The Balaban J connectivity index is 2.15. The molecule has 0 amide bonds. The third kappa shape index (κ3) is 6.16. The first-order valence-electron chi connectivity index (χ1n) is 11.6. The first-order chi connectivity index (χ1) is 16.6. The van der Waals surface area contributed by atoms with Gasteiger partial charge in [0.2, 0.25) is 0 Å². The van der Waals surface area contributed by atoms with Crippen molar-refractivity contribution in [3.63, 3.8) is 0 Å². The van der Waals surface area contributed by atoms with Crippen LogP contribution >= 0.6 is 0 Å². The standard InChI is InChI=1S/C26H36O9/c1-15-11-12-18(27)24-19(34-26(3,4)35-24)10-8-9-17-22(25(28)33-16(15)2)20(32-14-29-5)13-21(30-6)23(17)31-7/h8-9,11-13,15-16,18-19,24,27H,10,14H2,1-7H3/t15-,16+,18?,19+,24-/m1/s1. The molecule has 5 atom stereocenters. The summed E-state index contributed by atoms with van der Waals surface area (Å²) in [6.07, 6.45) is 5.11. The van der Waals surface area contributed by atoms with Crippen LogP contribution in [0.5, 0.6) is 17.2 Å². The summed E-state index contributed by atoms with van der Waals surface area (Å²) in [7, 11) is 4.49. The van der Waals surface area contributed by atoms with Gasteiger partial charge in [0.05, 0.1) is 20.3 Å². The molecule has 9 heteroatoms. The molecule has 0 spiro atoms. The van der Waals surface area contributed by atoms with Crippen LogP contribution in [0, 0.1) is 5.92 Å². The molecule has 0 aromatic heterocycles. The maximum Gasteiger partial charge on any atom is 0.342 e. The maximum absolute atomic E-state index is 13.4. The summed E-state index contributed by atoms with van der Waals surface area (Å²) in [5.41, 5.74) is 0.627. The normalized spacial score (nSPS) is 28.5. The molecule has 2 heterocycles. The van der Waals surface area contributed by atoms with Crippen molar-refractivity contribution in [2.75, 3.05) is 28.1 Å². The molecule has 0 radical (unpaired) electrons. The lowest BCUT2D eigenvalue weighted by Crippen LogP contribution is -2.34. The molecule has 1 N–H and O–H groups in total. The van der Waals surface area contributed by atoms with Crippen LogP contribution in [0.3, 0.4) is 0 Å². The Morgan fingerprint density at radius 1 is 1.09 bits per heavy atom. The molecule has 2 aliphatic rings. The quantitative estimate of drug-likeness (QED) is 0.374. The Bertz CT molecular complexity index is 953. The van der Waals surface area contributed by atoms with E-state index in [1.54, 1.807) is 25.1 Å². The second-order valence-electron chi connectivity index (χ2n) is 9.07. The van der Waals surface area contributed by atoms with Gasteiger partial charge in [-0.15, -0.1) is 0 Å². The number of cyclic esters (lactones) is 1. The van der Waals surface area contributed by atoms with Crippen LogP contribution in [0.2, 0.25) is 0 Å². The Morgan fingerprint density at radius 3 is 2.49 bits per heavy atom. The Kier molecular flexibility index (Phi) is 8.82. The van der Waals surface area contributed by atoms with Crippen LogP contribution in [0.4, 0.5) is 0 Å². The van der Waals surface area contributed by atoms with Gasteiger partial charge in [-0.05, 0) is 27.2 Å². The van der Waals surface area contributed by atoms with Crippen LogP contribution in [-0.2, 0) is 18.9 Å². The van der Waals surface area contributed by atoms with Crippen LogP contribution in [0.15, 0.2) is 24.3 Å². The molecule has 1 saturated heterocycles. The summed E-state index contributed by atoms with van der Waals surface area (Å²) in [6, 6.07) is 1.58. The number of esters is 1. The predicted octanol–water partition coefficient (Wildman–Crippen LogP) is 3.72. The number of carbonyl (C=O) groups is 1. The van der Waals surface area contributed by atoms with Gasteiger partial charge in [0.25, 0.3) is 0 Å². The lowest BCUT2D eigenvalue weighted by molar-refractivity contribution is -0.152. The highest BCUT2D eigenvalue weighted by molar-refractivity contribution is 5.99. The second kappa shape index (κ2) is 11.4. The molecule has 35 heavy (non-hydrogen) atoms. The Labute approximate surface area is 206 Å². The third-order valence-corrected chi connectivity index (χ3v) is 6.06. The lowest BCUT2D eigenvalue weighted by Gasteiger charge is -2.23. The fourth-order valence-electron chi connectivity index (χ4n) is 4.15. The SMILES string of the molecule is COCOc1cc(OC)c(OC)c2c1C(=O)O[C@@H](C)[C@H](C)C=CC(O)[C@H]1OC(C)(C)O[C@H]1CC=C2. The van der Waals surface area contributed by atoms with Crippen LogP contribution in [0.25, 0.3) is 6.08 Å². The first kappa shape index (κ1) is 27.0. The molecule has 0 aliphatic carbocycles. The zero-order chi connectivity index (χ0) is 25.8. The van der Waals surface area contributed by atoms with E-state index in [1.807, 2.05) is 32.9 Å². The number of fused-ring (bicyclic) bond motifs is 2. The molecule has 3 rings (SSSR count). The van der Waals surface area contributed by atoms with Gasteiger partial charge in [-0.3, -0.25) is 0 Å². The van der Waals surface area contributed by atoms with Crippen molar-refractivity contribution in [3.05, 3.63) is 35.4 Å². The summed E-state index contributed by atoms with van der Waals surface area (Å²) in [5, 5.41) is 10.8. The topological polar surface area (TPSA) is 102 Å². The Hall–Kier alpha value is -2.59. The summed E-state index contributed by atoms with van der Waals surface area (Å²) in [4.78, 5) is 13.4. The van der Waals surface area contributed by atoms with Crippen LogP contribution in [0.1, 0.15) is 50.0 Å². The molecular formula is C26H36O9. The van der Waals surface area contributed by atoms with Gasteiger partial charge >= 0.3 is 5.97 Å². The summed E-state index contributed by atoms with van der Waals surface area (Å²) < 4.78 is 39.8. The number of benzene rings is 1. The van der Waals surface area contributed by atoms with E-state index in [2.05, 4.69) is 0 Å². The molecule has 2 aliphatic heterocycles. The number of aliphatic hydroxyl groups is 1. The molecule has 1 fully saturated rings. The number of hydrogen-bond donors (Lipinski definition) is 1. The van der Waals surface area contributed by atoms with Crippen molar-refractivity contribution in [1.29, 1.82) is 0 Å². The summed E-state index contributed by atoms with van der Waals surface area (Å²) >= 11 is 0. The molecular weight excluding hydrogens is 456 g/mol. The van der Waals surface area contributed by atoms with Gasteiger partial charge in [0.15, 0.2) is 24.1 Å². The number of methoxy groups -OCH3 is 3. The second-order valence-corrected chi connectivity index (χ2v) is 9.07. The lowest BCUT2D eigenvalue weighted by atomic mass is 9.98. The summed E-state index contributed by atoms with van der Waals surface area (Å²) in [5.74, 6) is -0.631. The fourth-order valence-corrected chi connectivity index (χ4v) is 4.15. The van der Waals surface area contributed by atoms with Gasteiger partial charge in [-0.25, -0.2) is 4.79 Å². The maximum atomic E-state index is 13.4. The highest BCUT2D eigenvalue weighted by Crippen LogP contribution is 2.42. The van der Waals surface area contributed by atoms with E-state index in [0.717, 1.165) is 0 Å². The van der Waals surface area contributed by atoms with Crippen molar-refractivity contribution < 1.29 is 43.1 Å². The fraction of sp³-hybridized carbons (Fsp3) is 0.577. The smallest absolute Gasteiger partial charge is 0.342 e. The highest BCUT2D eigenvalue weighted by Gasteiger charge is 2.43. The van der Waals surface area contributed by atoms with E-state index in [0.29, 0.717) is 23.5 Å². The molecule has 1 unspecified atom stereocenters. The number of rotatable bonds is 5. The highest BCUT2D eigenvalue weighted by atomic mass is 16.8. The third-order valence-electron chi connectivity index (χ3n) is 6.06. The van der Waals surface area contributed by atoms with Crippen LogP contribution < -0.4 is 14.2 Å². The van der Waals surface area contributed by atoms with E-state index >= 15 is 0 Å².